The summed E-state index contributed by atoms with van der Waals surface area (Å²) in [6, 6.07) is 15.0. The topological polar surface area (TPSA) is 93.8 Å². The summed E-state index contributed by atoms with van der Waals surface area (Å²) in [4.78, 5) is 34.9. The lowest BCUT2D eigenvalue weighted by Crippen LogP contribution is -2.27. The molecule has 0 saturated heterocycles. The van der Waals surface area contributed by atoms with Crippen molar-refractivity contribution in [3.05, 3.63) is 81.8 Å². The molecule has 156 valence electrons. The van der Waals surface area contributed by atoms with Gasteiger partial charge in [0.1, 0.15) is 5.39 Å². The standard InChI is InChI=1S/C23H22N6O2/c1-2-28-22(31)19-14-25-23(26-18-9-8-17-13-24-11-10-16(17)12-18)27-20(19)29(28)21(30)15-6-4-3-5-7-15/h3-9,12,14,24H,2,10-11,13H2,1H3,(H,25,26,27). The third kappa shape index (κ3) is 3.40. The zero-order valence-electron chi connectivity index (χ0n) is 17.1. The molecule has 5 rings (SSSR count). The number of anilines is 2. The molecule has 8 nitrogen and oxygen atoms in total. The highest BCUT2D eigenvalue weighted by Gasteiger charge is 2.21. The minimum atomic E-state index is -0.305. The molecule has 8 heteroatoms. The number of aromatic nitrogens is 4. The average Bonchev–Trinajstić information content (AvgIpc) is 3.10. The smallest absolute Gasteiger partial charge is 0.278 e. The number of carbonyl (C=O) groups excluding carboxylic acids is 1. The van der Waals surface area contributed by atoms with E-state index in [9.17, 15) is 9.59 Å². The number of nitrogens with one attached hydrogen (secondary N) is 2. The molecule has 0 saturated carbocycles. The Labute approximate surface area is 178 Å². The number of fused-ring (bicyclic) bond motifs is 2. The number of carbonyl (C=O) groups is 1. The number of hydrogen-bond acceptors (Lipinski definition) is 6. The van der Waals surface area contributed by atoms with Crippen molar-refractivity contribution in [2.24, 2.45) is 0 Å². The Hall–Kier alpha value is -3.78. The zero-order valence-corrected chi connectivity index (χ0v) is 17.1. The van der Waals surface area contributed by atoms with Gasteiger partial charge < -0.3 is 10.6 Å². The lowest BCUT2D eigenvalue weighted by atomic mass is 10.0. The van der Waals surface area contributed by atoms with E-state index in [4.69, 9.17) is 0 Å². The molecule has 4 aromatic rings. The summed E-state index contributed by atoms with van der Waals surface area (Å²) in [5.41, 5.74) is 3.94. The van der Waals surface area contributed by atoms with Crippen LogP contribution in [0.25, 0.3) is 11.0 Å². The van der Waals surface area contributed by atoms with Gasteiger partial charge in [-0.2, -0.15) is 9.67 Å². The summed E-state index contributed by atoms with van der Waals surface area (Å²) in [5, 5.41) is 6.90. The van der Waals surface area contributed by atoms with Gasteiger partial charge >= 0.3 is 0 Å². The fourth-order valence-corrected chi connectivity index (χ4v) is 3.97. The third-order valence-corrected chi connectivity index (χ3v) is 5.54. The normalized spacial score (nSPS) is 13.2. The van der Waals surface area contributed by atoms with Crippen molar-refractivity contribution in [2.45, 2.75) is 26.4 Å². The fraction of sp³-hybridized carbons (Fsp3) is 0.217. The predicted molar refractivity (Wildman–Crippen MR) is 119 cm³/mol. The van der Waals surface area contributed by atoms with Crippen LogP contribution in [-0.2, 0) is 19.5 Å². The van der Waals surface area contributed by atoms with Crippen molar-refractivity contribution in [3.8, 4) is 0 Å². The van der Waals surface area contributed by atoms with Gasteiger partial charge in [0.25, 0.3) is 11.5 Å². The Morgan fingerprint density at radius 1 is 1.16 bits per heavy atom. The van der Waals surface area contributed by atoms with Crippen LogP contribution < -0.4 is 16.2 Å². The Morgan fingerprint density at radius 3 is 2.81 bits per heavy atom. The monoisotopic (exact) mass is 414 g/mol. The minimum absolute atomic E-state index is 0.283. The van der Waals surface area contributed by atoms with Crippen molar-refractivity contribution in [2.75, 3.05) is 11.9 Å². The largest absolute Gasteiger partial charge is 0.324 e. The summed E-state index contributed by atoms with van der Waals surface area (Å²) >= 11 is 0. The zero-order chi connectivity index (χ0) is 21.4. The van der Waals surface area contributed by atoms with Gasteiger partial charge in [0.2, 0.25) is 5.95 Å². The molecule has 0 atom stereocenters. The van der Waals surface area contributed by atoms with Crippen LogP contribution in [0.2, 0.25) is 0 Å². The summed E-state index contributed by atoms with van der Waals surface area (Å²) in [5.74, 6) is 0.0322. The predicted octanol–water partition coefficient (Wildman–Crippen LogP) is 2.69. The second-order valence-electron chi connectivity index (χ2n) is 7.47. The number of hydrogen-bond donors (Lipinski definition) is 2. The molecule has 1 aliphatic rings. The molecule has 3 heterocycles. The lowest BCUT2D eigenvalue weighted by Gasteiger charge is -2.18. The Bertz CT molecular complexity index is 1340. The number of rotatable bonds is 4. The van der Waals surface area contributed by atoms with Crippen LogP contribution >= 0.6 is 0 Å². The first-order valence-electron chi connectivity index (χ1n) is 10.3. The van der Waals surface area contributed by atoms with Gasteiger partial charge in [-0.15, -0.1) is 0 Å². The van der Waals surface area contributed by atoms with E-state index in [1.165, 1.54) is 26.7 Å². The second-order valence-corrected chi connectivity index (χ2v) is 7.47. The molecule has 0 bridgehead atoms. The van der Waals surface area contributed by atoms with Crippen LogP contribution in [0.4, 0.5) is 11.6 Å². The average molecular weight is 414 g/mol. The van der Waals surface area contributed by atoms with Gasteiger partial charge in [0, 0.05) is 30.5 Å². The molecule has 0 aliphatic carbocycles. The van der Waals surface area contributed by atoms with Crippen LogP contribution in [0.5, 0.6) is 0 Å². The molecular formula is C23H22N6O2. The Kier molecular flexibility index (Phi) is 4.83. The molecule has 0 unspecified atom stereocenters. The quantitative estimate of drug-likeness (QED) is 0.533. The summed E-state index contributed by atoms with van der Waals surface area (Å²) in [6.45, 7) is 3.99. The van der Waals surface area contributed by atoms with E-state index in [-0.39, 0.29) is 11.5 Å². The maximum atomic E-state index is 13.2. The fourth-order valence-electron chi connectivity index (χ4n) is 3.97. The van der Waals surface area contributed by atoms with Crippen LogP contribution in [0, 0.1) is 0 Å². The maximum absolute atomic E-state index is 13.2. The number of nitrogens with zero attached hydrogens (tertiary/aromatic N) is 4. The third-order valence-electron chi connectivity index (χ3n) is 5.54. The SMILES string of the molecule is CCn1c(=O)c2cnc(Nc3ccc4c(c3)CCNC4)nc2n1C(=O)c1ccccc1. The molecule has 2 aromatic carbocycles. The highest BCUT2D eigenvalue weighted by molar-refractivity contribution is 6.00. The van der Waals surface area contributed by atoms with Crippen LogP contribution in [-0.4, -0.2) is 31.8 Å². The van der Waals surface area contributed by atoms with Gasteiger partial charge in [-0.1, -0.05) is 24.3 Å². The van der Waals surface area contributed by atoms with E-state index in [1.54, 1.807) is 24.3 Å². The summed E-state index contributed by atoms with van der Waals surface area (Å²) in [6.07, 6.45) is 2.45. The van der Waals surface area contributed by atoms with E-state index < -0.39 is 0 Å². The molecule has 0 fully saturated rings. The lowest BCUT2D eigenvalue weighted by molar-refractivity contribution is 0.0932. The molecule has 0 spiro atoms. The van der Waals surface area contributed by atoms with Crippen LogP contribution in [0.3, 0.4) is 0 Å². The maximum Gasteiger partial charge on any atom is 0.278 e. The van der Waals surface area contributed by atoms with Crippen molar-refractivity contribution in [1.29, 1.82) is 0 Å². The summed E-state index contributed by atoms with van der Waals surface area (Å²) in [7, 11) is 0. The molecule has 2 aromatic heterocycles. The van der Waals surface area contributed by atoms with E-state index in [2.05, 4.69) is 32.7 Å². The van der Waals surface area contributed by atoms with E-state index in [0.717, 1.165) is 25.2 Å². The molecular weight excluding hydrogens is 392 g/mol. The highest BCUT2D eigenvalue weighted by atomic mass is 16.2. The Balaban J connectivity index is 1.57. The first-order valence-corrected chi connectivity index (χ1v) is 10.3. The summed E-state index contributed by atoms with van der Waals surface area (Å²) < 4.78 is 2.74. The van der Waals surface area contributed by atoms with E-state index in [1.807, 2.05) is 19.1 Å². The first-order chi connectivity index (χ1) is 15.2. The van der Waals surface area contributed by atoms with E-state index in [0.29, 0.717) is 29.1 Å². The molecule has 0 amide bonds. The van der Waals surface area contributed by atoms with E-state index >= 15 is 0 Å². The van der Waals surface area contributed by atoms with Crippen molar-refractivity contribution < 1.29 is 4.79 Å². The Morgan fingerprint density at radius 2 is 2.00 bits per heavy atom. The number of benzene rings is 2. The molecule has 1 aliphatic heterocycles. The molecule has 2 N–H and O–H groups in total. The van der Waals surface area contributed by atoms with Gasteiger partial charge in [0.15, 0.2) is 5.65 Å². The molecule has 31 heavy (non-hydrogen) atoms. The highest BCUT2D eigenvalue weighted by Crippen LogP contribution is 2.22. The van der Waals surface area contributed by atoms with Crippen molar-refractivity contribution in [3.63, 3.8) is 0 Å². The van der Waals surface area contributed by atoms with Gasteiger partial charge in [-0.3, -0.25) is 9.59 Å². The van der Waals surface area contributed by atoms with Crippen molar-refractivity contribution in [1.82, 2.24) is 24.6 Å². The second kappa shape index (κ2) is 7.81. The van der Waals surface area contributed by atoms with Crippen molar-refractivity contribution >= 4 is 28.6 Å². The van der Waals surface area contributed by atoms with Gasteiger partial charge in [-0.25, -0.2) is 9.67 Å². The first kappa shape index (κ1) is 19.2. The van der Waals surface area contributed by atoms with Crippen LogP contribution in [0.15, 0.2) is 59.5 Å². The van der Waals surface area contributed by atoms with Gasteiger partial charge in [0.05, 0.1) is 0 Å². The molecule has 0 radical (unpaired) electrons. The minimum Gasteiger partial charge on any atom is -0.324 e. The van der Waals surface area contributed by atoms with Crippen LogP contribution in [0.1, 0.15) is 28.4 Å². The van der Waals surface area contributed by atoms with Gasteiger partial charge in [-0.05, 0) is 55.3 Å².